The topological polar surface area (TPSA) is 71.7 Å². The standard InChI is InChI=1S/C23H22FN3O3S2/c1-4-11-26-20-14-15(2)13-16(3)21(20)31-23(26)25-22(28)19-6-5-12-27(19)32(29,30)18-9-7-17(24)8-10-18/h1,7-10,13-14,19H,5-6,11-12H2,2-3H3. The Labute approximate surface area is 190 Å². The number of sulfonamides is 1. The molecule has 1 atom stereocenters. The number of fused-ring (bicyclic) bond motifs is 1. The number of carbonyl (C=O) groups is 1. The van der Waals surface area contributed by atoms with Gasteiger partial charge in [-0.1, -0.05) is 23.3 Å². The fraction of sp³-hybridized carbons (Fsp3) is 0.304. The maximum atomic E-state index is 13.2. The van der Waals surface area contributed by atoms with Crippen molar-refractivity contribution in [3.8, 4) is 12.3 Å². The molecule has 0 spiro atoms. The minimum atomic E-state index is -3.95. The van der Waals surface area contributed by atoms with Gasteiger partial charge in [0.2, 0.25) is 10.0 Å². The molecule has 1 aromatic heterocycles. The Morgan fingerprint density at radius 3 is 2.69 bits per heavy atom. The molecule has 0 saturated carbocycles. The Balaban J connectivity index is 1.75. The number of benzene rings is 2. The van der Waals surface area contributed by atoms with Gasteiger partial charge >= 0.3 is 0 Å². The molecule has 1 amide bonds. The van der Waals surface area contributed by atoms with Crippen molar-refractivity contribution in [2.24, 2.45) is 4.99 Å². The molecule has 0 bridgehead atoms. The number of terminal acetylenes is 1. The first-order valence-corrected chi connectivity index (χ1v) is 12.4. The largest absolute Gasteiger partial charge is 0.305 e. The zero-order chi connectivity index (χ0) is 23.0. The predicted molar refractivity (Wildman–Crippen MR) is 122 cm³/mol. The van der Waals surface area contributed by atoms with E-state index in [0.29, 0.717) is 17.6 Å². The van der Waals surface area contributed by atoms with E-state index in [0.717, 1.165) is 33.5 Å². The fourth-order valence-electron chi connectivity index (χ4n) is 4.03. The minimum Gasteiger partial charge on any atom is -0.305 e. The first kappa shape index (κ1) is 22.4. The SMILES string of the molecule is C#CCn1c(=NC(=O)C2CCCN2S(=O)(=O)c2ccc(F)cc2)sc2c(C)cc(C)cc21. The molecular weight excluding hydrogens is 449 g/mol. The van der Waals surface area contributed by atoms with Crippen LogP contribution in [-0.2, 0) is 21.4 Å². The molecule has 32 heavy (non-hydrogen) atoms. The first-order valence-electron chi connectivity index (χ1n) is 10.1. The van der Waals surface area contributed by atoms with Crippen LogP contribution < -0.4 is 4.80 Å². The molecule has 3 aromatic rings. The van der Waals surface area contributed by atoms with Crippen LogP contribution in [0.25, 0.3) is 10.2 Å². The zero-order valence-electron chi connectivity index (χ0n) is 17.7. The van der Waals surface area contributed by atoms with Gasteiger partial charge in [-0.15, -0.1) is 6.42 Å². The van der Waals surface area contributed by atoms with Crippen LogP contribution in [0.1, 0.15) is 24.0 Å². The number of aryl methyl sites for hydroxylation is 2. The summed E-state index contributed by atoms with van der Waals surface area (Å²) in [5.74, 6) is 1.55. The molecule has 1 fully saturated rings. The summed E-state index contributed by atoms with van der Waals surface area (Å²) in [6, 6.07) is 7.75. The third kappa shape index (κ3) is 4.01. The smallest absolute Gasteiger partial charge is 0.266 e. The molecule has 2 heterocycles. The van der Waals surface area contributed by atoms with Crippen LogP contribution in [0.2, 0.25) is 0 Å². The Hall–Kier alpha value is -2.80. The quantitative estimate of drug-likeness (QED) is 0.548. The van der Waals surface area contributed by atoms with Crippen LogP contribution in [-0.4, -0.2) is 35.8 Å². The number of nitrogens with zero attached hydrogens (tertiary/aromatic N) is 3. The van der Waals surface area contributed by atoms with Gasteiger partial charge in [-0.3, -0.25) is 4.79 Å². The number of aromatic nitrogens is 1. The van der Waals surface area contributed by atoms with E-state index in [2.05, 4.69) is 17.0 Å². The number of hydrogen-bond acceptors (Lipinski definition) is 4. The molecular formula is C23H22FN3O3S2. The molecule has 166 valence electrons. The van der Waals surface area contributed by atoms with E-state index in [4.69, 9.17) is 6.42 Å². The first-order chi connectivity index (χ1) is 15.2. The van der Waals surface area contributed by atoms with Gasteiger partial charge in [0.1, 0.15) is 11.9 Å². The second-order valence-corrected chi connectivity index (χ2v) is 10.7. The maximum absolute atomic E-state index is 13.2. The van der Waals surface area contributed by atoms with Crippen LogP contribution in [0, 0.1) is 32.0 Å². The minimum absolute atomic E-state index is 0.0473. The highest BCUT2D eigenvalue weighted by atomic mass is 32.2. The van der Waals surface area contributed by atoms with E-state index >= 15 is 0 Å². The number of halogens is 1. The predicted octanol–water partition coefficient (Wildman–Crippen LogP) is 3.37. The van der Waals surface area contributed by atoms with Crippen molar-refractivity contribution in [2.75, 3.05) is 6.54 Å². The number of hydrogen-bond donors (Lipinski definition) is 0. The van der Waals surface area contributed by atoms with E-state index in [-0.39, 0.29) is 18.0 Å². The number of rotatable bonds is 4. The lowest BCUT2D eigenvalue weighted by Crippen LogP contribution is -2.40. The Morgan fingerprint density at radius 1 is 1.28 bits per heavy atom. The second kappa shape index (κ2) is 8.62. The third-order valence-corrected chi connectivity index (χ3v) is 8.63. The normalized spacial score (nSPS) is 17.7. The number of carbonyl (C=O) groups excluding carboxylic acids is 1. The summed E-state index contributed by atoms with van der Waals surface area (Å²) in [6.07, 6.45) is 6.47. The van der Waals surface area contributed by atoms with Gasteiger partial charge in [0.25, 0.3) is 5.91 Å². The fourth-order valence-corrected chi connectivity index (χ4v) is 6.76. The molecule has 1 saturated heterocycles. The molecule has 9 heteroatoms. The summed E-state index contributed by atoms with van der Waals surface area (Å²) in [4.78, 5) is 17.9. The van der Waals surface area contributed by atoms with Crippen molar-refractivity contribution in [1.29, 1.82) is 0 Å². The van der Waals surface area contributed by atoms with Crippen molar-refractivity contribution in [3.63, 3.8) is 0 Å². The van der Waals surface area contributed by atoms with Gasteiger partial charge in [-0.2, -0.15) is 9.30 Å². The molecule has 6 nitrogen and oxygen atoms in total. The summed E-state index contributed by atoms with van der Waals surface area (Å²) < 4.78 is 43.4. The monoisotopic (exact) mass is 471 g/mol. The lowest BCUT2D eigenvalue weighted by molar-refractivity contribution is -0.121. The molecule has 0 aliphatic carbocycles. The molecule has 1 aliphatic heterocycles. The average Bonchev–Trinajstić information content (AvgIpc) is 3.36. The summed E-state index contributed by atoms with van der Waals surface area (Å²) in [5, 5.41) is 0. The summed E-state index contributed by atoms with van der Waals surface area (Å²) in [5.41, 5.74) is 3.04. The van der Waals surface area contributed by atoms with Crippen LogP contribution in [0.5, 0.6) is 0 Å². The molecule has 2 aromatic carbocycles. The van der Waals surface area contributed by atoms with Crippen molar-refractivity contribution >= 4 is 37.5 Å². The van der Waals surface area contributed by atoms with Gasteiger partial charge in [0.05, 0.1) is 21.7 Å². The highest BCUT2D eigenvalue weighted by Gasteiger charge is 2.39. The van der Waals surface area contributed by atoms with E-state index < -0.39 is 27.8 Å². The van der Waals surface area contributed by atoms with Crippen LogP contribution >= 0.6 is 11.3 Å². The summed E-state index contributed by atoms with van der Waals surface area (Å²) in [7, 11) is -3.95. The lowest BCUT2D eigenvalue weighted by Gasteiger charge is -2.21. The molecule has 4 rings (SSSR count). The summed E-state index contributed by atoms with van der Waals surface area (Å²) in [6.45, 7) is 4.44. The highest BCUT2D eigenvalue weighted by molar-refractivity contribution is 7.89. The van der Waals surface area contributed by atoms with Gasteiger partial charge in [-0.25, -0.2) is 12.8 Å². The molecule has 0 N–H and O–H groups in total. The molecule has 1 aliphatic rings. The average molecular weight is 472 g/mol. The highest BCUT2D eigenvalue weighted by Crippen LogP contribution is 2.28. The van der Waals surface area contributed by atoms with Crippen molar-refractivity contribution in [3.05, 3.63) is 58.1 Å². The van der Waals surface area contributed by atoms with E-state index in [1.807, 2.05) is 24.5 Å². The molecule has 1 unspecified atom stereocenters. The van der Waals surface area contributed by atoms with E-state index in [1.165, 1.54) is 27.8 Å². The Kier molecular flexibility index (Phi) is 6.03. The Morgan fingerprint density at radius 2 is 2.00 bits per heavy atom. The van der Waals surface area contributed by atoms with Crippen molar-refractivity contribution in [1.82, 2.24) is 8.87 Å². The number of amides is 1. The van der Waals surface area contributed by atoms with Crippen LogP contribution in [0.15, 0.2) is 46.3 Å². The number of thiazole rings is 1. The van der Waals surface area contributed by atoms with E-state index in [9.17, 15) is 17.6 Å². The van der Waals surface area contributed by atoms with Crippen molar-refractivity contribution < 1.29 is 17.6 Å². The van der Waals surface area contributed by atoms with E-state index in [1.54, 1.807) is 0 Å². The molecule has 0 radical (unpaired) electrons. The van der Waals surface area contributed by atoms with Crippen LogP contribution in [0.4, 0.5) is 4.39 Å². The maximum Gasteiger partial charge on any atom is 0.266 e. The summed E-state index contributed by atoms with van der Waals surface area (Å²) >= 11 is 1.36. The Bertz CT molecular complexity index is 1410. The zero-order valence-corrected chi connectivity index (χ0v) is 19.3. The second-order valence-electron chi connectivity index (χ2n) is 7.78. The van der Waals surface area contributed by atoms with Gasteiger partial charge < -0.3 is 4.57 Å². The van der Waals surface area contributed by atoms with Crippen molar-refractivity contribution in [2.45, 2.75) is 44.2 Å². The van der Waals surface area contributed by atoms with Gasteiger partial charge in [-0.05, 0) is 68.1 Å². The lowest BCUT2D eigenvalue weighted by atomic mass is 10.1. The van der Waals surface area contributed by atoms with Crippen LogP contribution in [0.3, 0.4) is 0 Å². The van der Waals surface area contributed by atoms with Gasteiger partial charge in [0, 0.05) is 6.54 Å². The third-order valence-electron chi connectivity index (χ3n) is 5.48. The van der Waals surface area contributed by atoms with Gasteiger partial charge in [0.15, 0.2) is 4.80 Å².